The molecular formula is C15H21N3S. The average molecular weight is 275 g/mol. The lowest BCUT2D eigenvalue weighted by Gasteiger charge is -2.28. The van der Waals surface area contributed by atoms with Crippen LogP contribution in [0.3, 0.4) is 0 Å². The van der Waals surface area contributed by atoms with Crippen LogP contribution in [0.5, 0.6) is 0 Å². The number of thiophene rings is 1. The van der Waals surface area contributed by atoms with E-state index in [9.17, 15) is 0 Å². The van der Waals surface area contributed by atoms with E-state index < -0.39 is 0 Å². The smallest absolute Gasteiger partial charge is 0.0418 e. The van der Waals surface area contributed by atoms with Gasteiger partial charge in [-0.15, -0.1) is 0 Å². The SMILES string of the molecule is CCC(N)(CC)c1cscc1-c1cc(N)ccc1N. The second-order valence-corrected chi connectivity index (χ2v) is 5.65. The van der Waals surface area contributed by atoms with Crippen molar-refractivity contribution >= 4 is 22.7 Å². The highest BCUT2D eigenvalue weighted by Crippen LogP contribution is 2.39. The second-order valence-electron chi connectivity index (χ2n) is 4.91. The van der Waals surface area contributed by atoms with Gasteiger partial charge in [-0.25, -0.2) is 0 Å². The summed E-state index contributed by atoms with van der Waals surface area (Å²) in [5, 5.41) is 4.23. The maximum Gasteiger partial charge on any atom is 0.0418 e. The largest absolute Gasteiger partial charge is 0.399 e. The molecule has 0 aliphatic heterocycles. The lowest BCUT2D eigenvalue weighted by atomic mass is 9.83. The third kappa shape index (κ3) is 2.46. The van der Waals surface area contributed by atoms with Gasteiger partial charge >= 0.3 is 0 Å². The van der Waals surface area contributed by atoms with Crippen LogP contribution in [0.4, 0.5) is 11.4 Å². The minimum absolute atomic E-state index is 0.299. The predicted octanol–water partition coefficient (Wildman–Crippen LogP) is 3.55. The zero-order chi connectivity index (χ0) is 14.0. The van der Waals surface area contributed by atoms with E-state index in [-0.39, 0.29) is 5.54 Å². The van der Waals surface area contributed by atoms with Crippen molar-refractivity contribution in [3.8, 4) is 11.1 Å². The van der Waals surface area contributed by atoms with E-state index in [0.29, 0.717) is 0 Å². The van der Waals surface area contributed by atoms with E-state index >= 15 is 0 Å². The summed E-state index contributed by atoms with van der Waals surface area (Å²) in [5.74, 6) is 0. The molecule has 0 unspecified atom stereocenters. The number of nitrogens with two attached hydrogens (primary N) is 3. The van der Waals surface area contributed by atoms with Crippen LogP contribution >= 0.6 is 11.3 Å². The van der Waals surface area contributed by atoms with Crippen LogP contribution in [0.25, 0.3) is 11.1 Å². The van der Waals surface area contributed by atoms with Crippen LogP contribution in [-0.2, 0) is 5.54 Å². The molecule has 19 heavy (non-hydrogen) atoms. The van der Waals surface area contributed by atoms with Crippen molar-refractivity contribution in [3.05, 3.63) is 34.5 Å². The van der Waals surface area contributed by atoms with Gasteiger partial charge in [0.25, 0.3) is 0 Å². The number of hydrogen-bond acceptors (Lipinski definition) is 4. The minimum Gasteiger partial charge on any atom is -0.399 e. The molecule has 0 saturated carbocycles. The summed E-state index contributed by atoms with van der Waals surface area (Å²) >= 11 is 1.66. The molecule has 0 bridgehead atoms. The van der Waals surface area contributed by atoms with Crippen LogP contribution in [0.1, 0.15) is 32.3 Å². The van der Waals surface area contributed by atoms with Gasteiger partial charge in [-0.2, -0.15) is 11.3 Å². The molecule has 2 aromatic rings. The average Bonchev–Trinajstić information content (AvgIpc) is 2.90. The molecule has 102 valence electrons. The molecule has 0 amide bonds. The summed E-state index contributed by atoms with van der Waals surface area (Å²) in [6, 6.07) is 5.59. The fraction of sp³-hybridized carbons (Fsp3) is 0.333. The first-order chi connectivity index (χ1) is 9.01. The van der Waals surface area contributed by atoms with E-state index in [1.165, 1.54) is 5.56 Å². The first-order valence-electron chi connectivity index (χ1n) is 6.52. The predicted molar refractivity (Wildman–Crippen MR) is 85.0 cm³/mol. The lowest BCUT2D eigenvalue weighted by molar-refractivity contribution is 0.415. The van der Waals surface area contributed by atoms with Gasteiger partial charge in [0.1, 0.15) is 0 Å². The Morgan fingerprint density at radius 2 is 1.74 bits per heavy atom. The van der Waals surface area contributed by atoms with Gasteiger partial charge < -0.3 is 17.2 Å². The van der Waals surface area contributed by atoms with Crippen molar-refractivity contribution in [2.75, 3.05) is 11.5 Å². The Morgan fingerprint density at radius 3 is 2.37 bits per heavy atom. The second kappa shape index (κ2) is 5.23. The highest BCUT2D eigenvalue weighted by atomic mass is 32.1. The Balaban J connectivity index is 2.59. The van der Waals surface area contributed by atoms with Crippen molar-refractivity contribution in [2.45, 2.75) is 32.2 Å². The van der Waals surface area contributed by atoms with Gasteiger partial charge in [-0.3, -0.25) is 0 Å². The van der Waals surface area contributed by atoms with E-state index in [2.05, 4.69) is 24.6 Å². The van der Waals surface area contributed by atoms with Crippen LogP contribution < -0.4 is 17.2 Å². The topological polar surface area (TPSA) is 78.1 Å². The third-order valence-corrected chi connectivity index (χ3v) is 4.57. The number of anilines is 2. The molecule has 0 radical (unpaired) electrons. The monoisotopic (exact) mass is 275 g/mol. The summed E-state index contributed by atoms with van der Waals surface area (Å²) in [5.41, 5.74) is 22.9. The maximum absolute atomic E-state index is 6.52. The number of benzene rings is 1. The molecule has 0 aliphatic rings. The molecule has 6 N–H and O–H groups in total. The van der Waals surface area contributed by atoms with E-state index in [1.807, 2.05) is 18.2 Å². The van der Waals surface area contributed by atoms with Crippen molar-refractivity contribution in [2.24, 2.45) is 5.73 Å². The molecular weight excluding hydrogens is 254 g/mol. The van der Waals surface area contributed by atoms with Crippen LogP contribution in [0.2, 0.25) is 0 Å². The molecule has 0 aliphatic carbocycles. The Bertz CT molecular complexity index is 571. The Hall–Kier alpha value is -1.52. The molecule has 1 heterocycles. The van der Waals surface area contributed by atoms with Gasteiger partial charge in [0.2, 0.25) is 0 Å². The molecule has 1 aromatic carbocycles. The molecule has 3 nitrogen and oxygen atoms in total. The van der Waals surface area contributed by atoms with Gasteiger partial charge in [-0.1, -0.05) is 13.8 Å². The highest BCUT2D eigenvalue weighted by molar-refractivity contribution is 7.08. The van der Waals surface area contributed by atoms with Crippen molar-refractivity contribution < 1.29 is 0 Å². The molecule has 0 spiro atoms. The summed E-state index contributed by atoms with van der Waals surface area (Å²) in [7, 11) is 0. The molecule has 1 aromatic heterocycles. The van der Waals surface area contributed by atoms with E-state index in [4.69, 9.17) is 17.2 Å². The quantitative estimate of drug-likeness (QED) is 0.747. The summed E-state index contributed by atoms with van der Waals surface area (Å²) in [4.78, 5) is 0. The number of nitrogen functional groups attached to an aromatic ring is 2. The Kier molecular flexibility index (Phi) is 3.83. The van der Waals surface area contributed by atoms with Crippen molar-refractivity contribution in [1.82, 2.24) is 0 Å². The summed E-state index contributed by atoms with van der Waals surface area (Å²) < 4.78 is 0. The van der Waals surface area contributed by atoms with Crippen LogP contribution in [0.15, 0.2) is 29.0 Å². The van der Waals surface area contributed by atoms with Gasteiger partial charge in [0, 0.05) is 22.5 Å². The number of rotatable bonds is 4. The normalized spacial score (nSPS) is 11.7. The molecule has 0 saturated heterocycles. The van der Waals surface area contributed by atoms with Crippen molar-refractivity contribution in [3.63, 3.8) is 0 Å². The van der Waals surface area contributed by atoms with Gasteiger partial charge in [0.05, 0.1) is 0 Å². The lowest BCUT2D eigenvalue weighted by Crippen LogP contribution is -2.35. The summed E-state index contributed by atoms with van der Waals surface area (Å²) in [6.07, 6.45) is 1.80. The van der Waals surface area contributed by atoms with E-state index in [1.54, 1.807) is 11.3 Å². The van der Waals surface area contributed by atoms with E-state index in [0.717, 1.165) is 35.3 Å². The molecule has 0 fully saturated rings. The summed E-state index contributed by atoms with van der Waals surface area (Å²) in [6.45, 7) is 4.24. The maximum atomic E-state index is 6.52. The van der Waals surface area contributed by atoms with Gasteiger partial charge in [-0.05, 0) is 52.9 Å². The van der Waals surface area contributed by atoms with Crippen molar-refractivity contribution in [1.29, 1.82) is 0 Å². The standard InChI is InChI=1S/C15H21N3S/c1-3-15(18,4-2)13-9-19-8-12(13)11-7-10(16)5-6-14(11)17/h5-9H,3-4,16-18H2,1-2H3. The van der Waals surface area contributed by atoms with Crippen LogP contribution in [0, 0.1) is 0 Å². The fourth-order valence-corrected chi connectivity index (χ4v) is 3.29. The van der Waals surface area contributed by atoms with Gasteiger partial charge in [0.15, 0.2) is 0 Å². The minimum atomic E-state index is -0.299. The molecule has 2 rings (SSSR count). The van der Waals surface area contributed by atoms with Crippen LogP contribution in [-0.4, -0.2) is 0 Å². The zero-order valence-corrected chi connectivity index (χ0v) is 12.3. The molecule has 4 heteroatoms. The first kappa shape index (κ1) is 13.9. The number of hydrogen-bond donors (Lipinski definition) is 3. The molecule has 0 atom stereocenters. The Labute approximate surface area is 118 Å². The zero-order valence-electron chi connectivity index (χ0n) is 11.4. The highest BCUT2D eigenvalue weighted by Gasteiger charge is 2.27. The fourth-order valence-electron chi connectivity index (χ4n) is 2.33. The Morgan fingerprint density at radius 1 is 1.05 bits per heavy atom. The third-order valence-electron chi connectivity index (χ3n) is 3.83. The first-order valence-corrected chi connectivity index (χ1v) is 7.47.